The van der Waals surface area contributed by atoms with Crippen molar-refractivity contribution in [3.63, 3.8) is 0 Å². The van der Waals surface area contributed by atoms with Crippen LogP contribution in [0, 0.1) is 0 Å². The number of aromatic nitrogens is 3. The number of hydrogen-bond donors (Lipinski definition) is 0. The van der Waals surface area contributed by atoms with Crippen LogP contribution in [0.2, 0.25) is 0 Å². The molecule has 0 aliphatic heterocycles. The minimum atomic E-state index is -4.42. The minimum absolute atomic E-state index is 0.403. The molecule has 0 aromatic carbocycles. The first-order valence-electron chi connectivity index (χ1n) is 4.10. The van der Waals surface area contributed by atoms with Gasteiger partial charge >= 0.3 is 6.18 Å². The van der Waals surface area contributed by atoms with E-state index in [-0.39, 0.29) is 0 Å². The average Bonchev–Trinajstić information content (AvgIpc) is 2.67. The van der Waals surface area contributed by atoms with Crippen molar-refractivity contribution in [3.05, 3.63) is 42.6 Å². The summed E-state index contributed by atoms with van der Waals surface area (Å²) in [6, 6.07) is 4.97. The van der Waals surface area contributed by atoms with Gasteiger partial charge in [-0.2, -0.15) is 13.2 Å². The Morgan fingerprint density at radius 2 is 1.93 bits per heavy atom. The molecule has 0 bridgehead atoms. The van der Waals surface area contributed by atoms with Crippen LogP contribution in [-0.2, 0) is 6.18 Å². The van der Waals surface area contributed by atoms with E-state index >= 15 is 0 Å². The zero-order valence-corrected chi connectivity index (χ0v) is 7.44. The predicted molar refractivity (Wildman–Crippen MR) is 46.4 cm³/mol. The Labute approximate surface area is 83.2 Å². The van der Waals surface area contributed by atoms with Crippen LogP contribution < -0.4 is 0 Å². The van der Waals surface area contributed by atoms with E-state index in [9.17, 15) is 13.2 Å². The quantitative estimate of drug-likeness (QED) is 0.727. The molecular formula is C9H6F3N3. The second-order valence-electron chi connectivity index (χ2n) is 2.85. The fraction of sp³-hybridized carbons (Fsp3) is 0.111. The first-order chi connectivity index (χ1) is 7.07. The van der Waals surface area contributed by atoms with E-state index in [0.29, 0.717) is 5.82 Å². The molecule has 0 saturated heterocycles. The number of pyridine rings is 1. The molecule has 0 fully saturated rings. The molecule has 2 aromatic heterocycles. The third-order valence-corrected chi connectivity index (χ3v) is 1.79. The van der Waals surface area contributed by atoms with Gasteiger partial charge in [-0.25, -0.2) is 9.97 Å². The van der Waals surface area contributed by atoms with Gasteiger partial charge in [-0.15, -0.1) is 0 Å². The Kier molecular flexibility index (Phi) is 2.18. The molecule has 78 valence electrons. The van der Waals surface area contributed by atoms with Gasteiger partial charge in [0.2, 0.25) is 0 Å². The highest BCUT2D eigenvalue weighted by atomic mass is 19.4. The second-order valence-corrected chi connectivity index (χ2v) is 2.85. The maximum Gasteiger partial charge on any atom is 0.434 e. The van der Waals surface area contributed by atoms with Crippen LogP contribution in [0.25, 0.3) is 5.82 Å². The third kappa shape index (κ3) is 1.98. The standard InChI is InChI=1S/C9H6F3N3/c10-9(11,12)7-5-15(6-14-7)8-3-1-2-4-13-8/h1-6H. The van der Waals surface area contributed by atoms with Crippen LogP contribution in [0.1, 0.15) is 5.69 Å². The summed E-state index contributed by atoms with van der Waals surface area (Å²) < 4.78 is 37.9. The number of halogens is 3. The van der Waals surface area contributed by atoms with Crippen LogP contribution in [-0.4, -0.2) is 14.5 Å². The van der Waals surface area contributed by atoms with Crippen LogP contribution in [0.15, 0.2) is 36.9 Å². The molecule has 0 aliphatic carbocycles. The normalized spacial score (nSPS) is 11.7. The molecule has 15 heavy (non-hydrogen) atoms. The molecule has 0 N–H and O–H groups in total. The van der Waals surface area contributed by atoms with Gasteiger partial charge in [0.1, 0.15) is 12.1 Å². The van der Waals surface area contributed by atoms with E-state index in [2.05, 4.69) is 9.97 Å². The first kappa shape index (κ1) is 9.70. The van der Waals surface area contributed by atoms with Gasteiger partial charge in [0, 0.05) is 12.4 Å². The molecule has 2 heterocycles. The molecule has 6 heteroatoms. The Morgan fingerprint density at radius 1 is 1.13 bits per heavy atom. The van der Waals surface area contributed by atoms with Crippen molar-refractivity contribution >= 4 is 0 Å². The smallest absolute Gasteiger partial charge is 0.290 e. The average molecular weight is 213 g/mol. The van der Waals surface area contributed by atoms with E-state index in [1.807, 2.05) is 0 Å². The summed E-state index contributed by atoms with van der Waals surface area (Å²) in [4.78, 5) is 7.16. The van der Waals surface area contributed by atoms with Gasteiger partial charge in [0.25, 0.3) is 0 Å². The molecule has 0 aliphatic rings. The van der Waals surface area contributed by atoms with Gasteiger partial charge < -0.3 is 0 Å². The zero-order chi connectivity index (χ0) is 10.9. The molecule has 0 saturated carbocycles. The summed E-state index contributed by atoms with van der Waals surface area (Å²) in [6.45, 7) is 0. The highest BCUT2D eigenvalue weighted by Crippen LogP contribution is 2.27. The summed E-state index contributed by atoms with van der Waals surface area (Å²) in [6.07, 6.45) is -0.921. The lowest BCUT2D eigenvalue weighted by atomic mass is 10.4. The number of nitrogens with zero attached hydrogens (tertiary/aromatic N) is 3. The molecular weight excluding hydrogens is 207 g/mol. The van der Waals surface area contributed by atoms with Crippen LogP contribution >= 0.6 is 0 Å². The molecule has 0 spiro atoms. The maximum absolute atomic E-state index is 12.2. The van der Waals surface area contributed by atoms with Crippen molar-refractivity contribution in [2.24, 2.45) is 0 Å². The number of imidazole rings is 1. The van der Waals surface area contributed by atoms with Gasteiger partial charge in [-0.05, 0) is 12.1 Å². The monoisotopic (exact) mass is 213 g/mol. The summed E-state index contributed by atoms with van der Waals surface area (Å²) in [5.74, 6) is 0.403. The molecule has 0 amide bonds. The molecule has 0 radical (unpaired) electrons. The van der Waals surface area contributed by atoms with Gasteiger partial charge in [-0.3, -0.25) is 4.57 Å². The number of hydrogen-bond acceptors (Lipinski definition) is 2. The highest BCUT2D eigenvalue weighted by Gasteiger charge is 2.33. The van der Waals surface area contributed by atoms with Crippen LogP contribution in [0.3, 0.4) is 0 Å². The lowest BCUT2D eigenvalue weighted by molar-refractivity contribution is -0.140. The second kappa shape index (κ2) is 3.38. The van der Waals surface area contributed by atoms with Crippen molar-refractivity contribution in [2.45, 2.75) is 6.18 Å². The maximum atomic E-state index is 12.2. The fourth-order valence-electron chi connectivity index (χ4n) is 1.10. The molecule has 2 aromatic rings. The third-order valence-electron chi connectivity index (χ3n) is 1.79. The summed E-state index contributed by atoms with van der Waals surface area (Å²) in [5.41, 5.74) is -0.923. The van der Waals surface area contributed by atoms with E-state index in [0.717, 1.165) is 12.5 Å². The number of alkyl halides is 3. The van der Waals surface area contributed by atoms with Crippen molar-refractivity contribution < 1.29 is 13.2 Å². The molecule has 0 unspecified atom stereocenters. The van der Waals surface area contributed by atoms with E-state index in [1.54, 1.807) is 18.2 Å². The van der Waals surface area contributed by atoms with Gasteiger partial charge in [0.15, 0.2) is 5.69 Å². The minimum Gasteiger partial charge on any atom is -0.290 e. The Balaban J connectivity index is 2.37. The van der Waals surface area contributed by atoms with Crippen molar-refractivity contribution in [1.82, 2.24) is 14.5 Å². The summed E-state index contributed by atoms with van der Waals surface area (Å²) >= 11 is 0. The zero-order valence-electron chi connectivity index (χ0n) is 7.44. The lowest BCUT2D eigenvalue weighted by Gasteiger charge is -2.00. The van der Waals surface area contributed by atoms with Crippen molar-refractivity contribution in [2.75, 3.05) is 0 Å². The van der Waals surface area contributed by atoms with E-state index in [1.165, 1.54) is 10.8 Å². The molecule has 3 nitrogen and oxygen atoms in total. The Morgan fingerprint density at radius 3 is 2.47 bits per heavy atom. The largest absolute Gasteiger partial charge is 0.434 e. The summed E-state index contributed by atoms with van der Waals surface area (Å²) in [7, 11) is 0. The van der Waals surface area contributed by atoms with Crippen LogP contribution in [0.4, 0.5) is 13.2 Å². The fourth-order valence-corrected chi connectivity index (χ4v) is 1.10. The topological polar surface area (TPSA) is 30.7 Å². The van der Waals surface area contributed by atoms with E-state index < -0.39 is 11.9 Å². The van der Waals surface area contributed by atoms with Gasteiger partial charge in [-0.1, -0.05) is 6.07 Å². The predicted octanol–water partition coefficient (Wildman–Crippen LogP) is 2.29. The molecule has 0 atom stereocenters. The van der Waals surface area contributed by atoms with Crippen LogP contribution in [0.5, 0.6) is 0 Å². The SMILES string of the molecule is FC(F)(F)c1cn(-c2ccccn2)cn1. The van der Waals surface area contributed by atoms with E-state index in [4.69, 9.17) is 0 Å². The van der Waals surface area contributed by atoms with Crippen molar-refractivity contribution in [3.8, 4) is 5.82 Å². The Bertz CT molecular complexity index is 447. The lowest BCUT2D eigenvalue weighted by Crippen LogP contribution is -2.04. The Hall–Kier alpha value is -1.85. The number of rotatable bonds is 1. The first-order valence-corrected chi connectivity index (χ1v) is 4.10. The summed E-state index contributed by atoms with van der Waals surface area (Å²) in [5, 5.41) is 0. The highest BCUT2D eigenvalue weighted by molar-refractivity contribution is 5.23. The van der Waals surface area contributed by atoms with Gasteiger partial charge in [0.05, 0.1) is 0 Å². The molecule has 2 rings (SSSR count). The van der Waals surface area contributed by atoms with Crippen molar-refractivity contribution in [1.29, 1.82) is 0 Å².